The Labute approximate surface area is 84.1 Å². The van der Waals surface area contributed by atoms with Crippen LogP contribution in [-0.2, 0) is 4.79 Å². The standard InChI is InChI=1S/C11H15NO2/c1-9(2)14-11-5-3-10(4-6-11)12-7-8-13/h3-6,8-9,12H,7H2,1-2H3. The number of carbonyl (C=O) groups excluding carboxylic acids is 1. The van der Waals surface area contributed by atoms with Crippen molar-refractivity contribution in [2.45, 2.75) is 20.0 Å². The maximum Gasteiger partial charge on any atom is 0.139 e. The first-order valence-corrected chi connectivity index (χ1v) is 4.66. The molecule has 0 aliphatic rings. The first kappa shape index (κ1) is 10.6. The van der Waals surface area contributed by atoms with Gasteiger partial charge in [0.05, 0.1) is 12.6 Å². The van der Waals surface area contributed by atoms with E-state index in [0.717, 1.165) is 17.7 Å². The van der Waals surface area contributed by atoms with Crippen molar-refractivity contribution in [2.24, 2.45) is 0 Å². The predicted octanol–water partition coefficient (Wildman–Crippen LogP) is 2.08. The van der Waals surface area contributed by atoms with Crippen molar-refractivity contribution in [3.05, 3.63) is 24.3 Å². The van der Waals surface area contributed by atoms with E-state index in [9.17, 15) is 4.79 Å². The second-order valence-corrected chi connectivity index (χ2v) is 3.24. The highest BCUT2D eigenvalue weighted by atomic mass is 16.5. The summed E-state index contributed by atoms with van der Waals surface area (Å²) in [6.45, 7) is 4.31. The average molecular weight is 193 g/mol. The molecule has 0 unspecified atom stereocenters. The quantitative estimate of drug-likeness (QED) is 0.728. The zero-order chi connectivity index (χ0) is 10.4. The molecule has 76 valence electrons. The molecule has 0 atom stereocenters. The maximum atomic E-state index is 10.1. The van der Waals surface area contributed by atoms with Crippen LogP contribution in [0.4, 0.5) is 5.69 Å². The van der Waals surface area contributed by atoms with E-state index in [1.54, 1.807) is 0 Å². The summed E-state index contributed by atoms with van der Waals surface area (Å²) in [6, 6.07) is 7.54. The topological polar surface area (TPSA) is 38.3 Å². The van der Waals surface area contributed by atoms with Gasteiger partial charge in [-0.15, -0.1) is 0 Å². The minimum absolute atomic E-state index is 0.184. The first-order chi connectivity index (χ1) is 6.72. The fourth-order valence-corrected chi connectivity index (χ4v) is 1.08. The van der Waals surface area contributed by atoms with Crippen LogP contribution >= 0.6 is 0 Å². The summed E-state index contributed by atoms with van der Waals surface area (Å²) in [5, 5.41) is 2.95. The molecule has 3 nitrogen and oxygen atoms in total. The van der Waals surface area contributed by atoms with E-state index in [0.29, 0.717) is 6.54 Å². The summed E-state index contributed by atoms with van der Waals surface area (Å²) in [5.41, 5.74) is 0.924. The fourth-order valence-electron chi connectivity index (χ4n) is 1.08. The van der Waals surface area contributed by atoms with Crippen LogP contribution in [0, 0.1) is 0 Å². The molecule has 1 rings (SSSR count). The lowest BCUT2D eigenvalue weighted by molar-refractivity contribution is -0.106. The van der Waals surface area contributed by atoms with E-state index in [2.05, 4.69) is 5.32 Å². The Bertz CT molecular complexity index is 280. The highest BCUT2D eigenvalue weighted by molar-refractivity contribution is 5.59. The van der Waals surface area contributed by atoms with Crippen molar-refractivity contribution in [1.82, 2.24) is 0 Å². The second-order valence-electron chi connectivity index (χ2n) is 3.24. The third-order valence-electron chi connectivity index (χ3n) is 1.62. The molecule has 14 heavy (non-hydrogen) atoms. The largest absolute Gasteiger partial charge is 0.491 e. The number of hydrogen-bond acceptors (Lipinski definition) is 3. The molecule has 0 heterocycles. The Kier molecular flexibility index (Phi) is 3.98. The molecule has 1 aromatic rings. The van der Waals surface area contributed by atoms with Crippen LogP contribution in [0.3, 0.4) is 0 Å². The number of ether oxygens (including phenoxy) is 1. The summed E-state index contributed by atoms with van der Waals surface area (Å²) < 4.78 is 5.48. The molecule has 1 aromatic carbocycles. The van der Waals surface area contributed by atoms with Gasteiger partial charge in [0.25, 0.3) is 0 Å². The summed E-state index contributed by atoms with van der Waals surface area (Å²) in [4.78, 5) is 10.1. The molecule has 0 amide bonds. The van der Waals surface area contributed by atoms with Gasteiger partial charge in [-0.05, 0) is 38.1 Å². The van der Waals surface area contributed by atoms with Gasteiger partial charge >= 0.3 is 0 Å². The minimum atomic E-state index is 0.184. The zero-order valence-electron chi connectivity index (χ0n) is 8.49. The highest BCUT2D eigenvalue weighted by Crippen LogP contribution is 2.16. The Hall–Kier alpha value is -1.51. The molecular formula is C11H15NO2. The van der Waals surface area contributed by atoms with E-state index in [1.807, 2.05) is 38.1 Å². The number of carbonyl (C=O) groups is 1. The summed E-state index contributed by atoms with van der Waals surface area (Å²) in [7, 11) is 0. The number of hydrogen-bond donors (Lipinski definition) is 1. The van der Waals surface area contributed by atoms with Crippen molar-refractivity contribution in [3.63, 3.8) is 0 Å². The summed E-state index contributed by atoms with van der Waals surface area (Å²) in [5.74, 6) is 0.844. The van der Waals surface area contributed by atoms with Gasteiger partial charge in [-0.1, -0.05) is 0 Å². The molecule has 0 radical (unpaired) electrons. The number of nitrogens with one attached hydrogen (secondary N) is 1. The molecule has 0 spiro atoms. The van der Waals surface area contributed by atoms with Gasteiger partial charge in [0.2, 0.25) is 0 Å². The Balaban J connectivity index is 2.54. The lowest BCUT2D eigenvalue weighted by Gasteiger charge is -2.10. The van der Waals surface area contributed by atoms with Crippen LogP contribution in [0.2, 0.25) is 0 Å². The van der Waals surface area contributed by atoms with Crippen molar-refractivity contribution in [1.29, 1.82) is 0 Å². The average Bonchev–Trinajstić information content (AvgIpc) is 2.16. The van der Waals surface area contributed by atoms with E-state index in [-0.39, 0.29) is 6.10 Å². The second kappa shape index (κ2) is 5.27. The molecule has 0 saturated carbocycles. The molecule has 0 aliphatic heterocycles. The minimum Gasteiger partial charge on any atom is -0.491 e. The van der Waals surface area contributed by atoms with Crippen LogP contribution < -0.4 is 10.1 Å². The van der Waals surface area contributed by atoms with E-state index >= 15 is 0 Å². The molecule has 3 heteroatoms. The third-order valence-corrected chi connectivity index (χ3v) is 1.62. The van der Waals surface area contributed by atoms with Gasteiger partial charge in [0, 0.05) is 5.69 Å². The van der Waals surface area contributed by atoms with E-state index in [1.165, 1.54) is 0 Å². The SMILES string of the molecule is CC(C)Oc1ccc(NCC=O)cc1. The Morgan fingerprint density at radius 2 is 2.00 bits per heavy atom. The monoisotopic (exact) mass is 193 g/mol. The number of benzene rings is 1. The molecule has 0 aliphatic carbocycles. The number of rotatable bonds is 5. The molecular weight excluding hydrogens is 178 g/mol. The lowest BCUT2D eigenvalue weighted by Crippen LogP contribution is -2.06. The van der Waals surface area contributed by atoms with E-state index < -0.39 is 0 Å². The lowest BCUT2D eigenvalue weighted by atomic mass is 10.3. The van der Waals surface area contributed by atoms with Gasteiger partial charge in [-0.3, -0.25) is 0 Å². The first-order valence-electron chi connectivity index (χ1n) is 4.66. The highest BCUT2D eigenvalue weighted by Gasteiger charge is 1.96. The molecule has 0 saturated heterocycles. The fraction of sp³-hybridized carbons (Fsp3) is 0.364. The normalized spacial score (nSPS) is 9.93. The number of anilines is 1. The third kappa shape index (κ3) is 3.47. The molecule has 0 bridgehead atoms. The van der Waals surface area contributed by atoms with Crippen molar-refractivity contribution in [3.8, 4) is 5.75 Å². The van der Waals surface area contributed by atoms with Crippen LogP contribution in [0.25, 0.3) is 0 Å². The van der Waals surface area contributed by atoms with Crippen molar-refractivity contribution in [2.75, 3.05) is 11.9 Å². The van der Waals surface area contributed by atoms with Crippen molar-refractivity contribution < 1.29 is 9.53 Å². The maximum absolute atomic E-state index is 10.1. The van der Waals surface area contributed by atoms with Crippen LogP contribution in [0.1, 0.15) is 13.8 Å². The van der Waals surface area contributed by atoms with Gasteiger partial charge in [-0.25, -0.2) is 0 Å². The molecule has 0 fully saturated rings. The Morgan fingerprint density at radius 3 is 2.50 bits per heavy atom. The molecule has 0 aromatic heterocycles. The predicted molar refractivity (Wildman–Crippen MR) is 56.8 cm³/mol. The zero-order valence-corrected chi connectivity index (χ0v) is 8.49. The van der Waals surface area contributed by atoms with Crippen LogP contribution in [0.5, 0.6) is 5.75 Å². The van der Waals surface area contributed by atoms with E-state index in [4.69, 9.17) is 4.74 Å². The van der Waals surface area contributed by atoms with Gasteiger partial charge in [0.15, 0.2) is 0 Å². The van der Waals surface area contributed by atoms with Crippen molar-refractivity contribution >= 4 is 12.0 Å². The van der Waals surface area contributed by atoms with Crippen LogP contribution in [0.15, 0.2) is 24.3 Å². The van der Waals surface area contributed by atoms with Gasteiger partial charge in [-0.2, -0.15) is 0 Å². The summed E-state index contributed by atoms with van der Waals surface area (Å²) in [6.07, 6.45) is 1.02. The Morgan fingerprint density at radius 1 is 1.36 bits per heavy atom. The number of aldehydes is 1. The van der Waals surface area contributed by atoms with Gasteiger partial charge < -0.3 is 14.8 Å². The molecule has 1 N–H and O–H groups in total. The van der Waals surface area contributed by atoms with Gasteiger partial charge in [0.1, 0.15) is 12.0 Å². The van der Waals surface area contributed by atoms with Crippen LogP contribution in [-0.4, -0.2) is 18.9 Å². The smallest absolute Gasteiger partial charge is 0.139 e. The summed E-state index contributed by atoms with van der Waals surface area (Å²) >= 11 is 0.